The lowest BCUT2D eigenvalue weighted by Gasteiger charge is -2.09. The topological polar surface area (TPSA) is 75.3 Å². The normalized spacial score (nSPS) is 11.5. The largest absolute Gasteiger partial charge is 0.509 e. The van der Waals surface area contributed by atoms with E-state index in [-0.39, 0.29) is 0 Å². The van der Waals surface area contributed by atoms with Crippen molar-refractivity contribution < 1.29 is 23.2 Å². The summed E-state index contributed by atoms with van der Waals surface area (Å²) in [5.74, 6) is 0. The Morgan fingerprint density at radius 3 is 2.53 bits per heavy atom. The van der Waals surface area contributed by atoms with Crippen LogP contribution in [0.15, 0.2) is 17.2 Å². The van der Waals surface area contributed by atoms with Crippen molar-refractivity contribution in [2.75, 3.05) is 0 Å². The lowest BCUT2D eigenvalue weighted by Crippen LogP contribution is -2.39. The zero-order valence-corrected chi connectivity index (χ0v) is 7.27. The summed E-state index contributed by atoms with van der Waals surface area (Å²) in [6.45, 7) is -1.49. The highest BCUT2D eigenvalue weighted by atomic mass is 19.4. The highest BCUT2D eigenvalue weighted by Crippen LogP contribution is 2.15. The van der Waals surface area contributed by atoms with Crippen molar-refractivity contribution in [3.8, 4) is 0 Å². The predicted octanol–water partition coefficient (Wildman–Crippen LogP) is -1.51. The van der Waals surface area contributed by atoms with Crippen molar-refractivity contribution in [3.63, 3.8) is 0 Å². The van der Waals surface area contributed by atoms with Gasteiger partial charge in [0.2, 0.25) is 0 Å². The van der Waals surface area contributed by atoms with Gasteiger partial charge in [0.25, 0.3) is 5.56 Å². The Labute approximate surface area is 81.9 Å². The van der Waals surface area contributed by atoms with Crippen LogP contribution in [0.5, 0.6) is 0 Å². The summed E-state index contributed by atoms with van der Waals surface area (Å²) < 4.78 is 36.2. The Kier molecular flexibility index (Phi) is 3.15. The Hall–Kier alpha value is -1.35. The van der Waals surface area contributed by atoms with Gasteiger partial charge in [-0.25, -0.2) is 0 Å². The second kappa shape index (κ2) is 4.03. The molecule has 5 nitrogen and oxygen atoms in total. The summed E-state index contributed by atoms with van der Waals surface area (Å²) in [5, 5.41) is 17.3. The van der Waals surface area contributed by atoms with Gasteiger partial charge in [0.15, 0.2) is 0 Å². The molecule has 0 amide bonds. The monoisotopic (exact) mass is 222 g/mol. The zero-order chi connectivity index (χ0) is 11.6. The van der Waals surface area contributed by atoms with Crippen molar-refractivity contribution in [3.05, 3.63) is 22.7 Å². The first-order chi connectivity index (χ1) is 6.79. The lowest BCUT2D eigenvalue weighted by atomic mass is 9.87. The molecule has 15 heavy (non-hydrogen) atoms. The smallest absolute Gasteiger partial charge is 0.422 e. The predicted molar refractivity (Wildman–Crippen MR) is 44.4 cm³/mol. The first kappa shape index (κ1) is 11.7. The van der Waals surface area contributed by atoms with Crippen LogP contribution in [0, 0.1) is 0 Å². The molecule has 0 fully saturated rings. The summed E-state index contributed by atoms with van der Waals surface area (Å²) in [4.78, 5) is 14.2. The third kappa shape index (κ3) is 3.37. The number of halogens is 3. The maximum absolute atomic E-state index is 11.9. The van der Waals surface area contributed by atoms with Crippen LogP contribution in [0.1, 0.15) is 0 Å². The van der Waals surface area contributed by atoms with Crippen LogP contribution in [0.3, 0.4) is 0 Å². The van der Waals surface area contributed by atoms with Gasteiger partial charge in [-0.2, -0.15) is 13.2 Å². The molecule has 2 N–H and O–H groups in total. The van der Waals surface area contributed by atoms with Gasteiger partial charge in [-0.1, -0.05) is 0 Å². The van der Waals surface area contributed by atoms with E-state index >= 15 is 0 Å². The number of alkyl halides is 3. The van der Waals surface area contributed by atoms with Crippen LogP contribution in [-0.4, -0.2) is 32.9 Å². The van der Waals surface area contributed by atoms with Gasteiger partial charge in [-0.3, -0.25) is 9.78 Å². The molecule has 0 bridgehead atoms. The van der Waals surface area contributed by atoms with E-state index in [1.54, 1.807) is 0 Å². The minimum absolute atomic E-state index is 0.307. The molecular weight excluding hydrogens is 216 g/mol. The third-order valence-electron chi connectivity index (χ3n) is 1.51. The van der Waals surface area contributed by atoms with Crippen molar-refractivity contribution in [2.45, 2.75) is 12.7 Å². The van der Waals surface area contributed by atoms with E-state index in [9.17, 15) is 18.0 Å². The molecule has 1 aromatic rings. The highest BCUT2D eigenvalue weighted by Gasteiger charge is 2.29. The first-order valence-corrected chi connectivity index (χ1v) is 3.79. The number of aromatic nitrogens is 2. The summed E-state index contributed by atoms with van der Waals surface area (Å²) >= 11 is 0. The van der Waals surface area contributed by atoms with Gasteiger partial charge >= 0.3 is 13.3 Å². The van der Waals surface area contributed by atoms with Gasteiger partial charge in [0, 0.05) is 6.20 Å². The Balaban J connectivity index is 3.06. The van der Waals surface area contributed by atoms with Crippen LogP contribution < -0.4 is 11.2 Å². The summed E-state index contributed by atoms with van der Waals surface area (Å²) in [5.41, 5.74) is -1.38. The molecule has 0 aliphatic rings. The highest BCUT2D eigenvalue weighted by molar-refractivity contribution is 6.57. The average Bonchev–Trinajstić information content (AvgIpc) is 2.06. The molecule has 1 aromatic heterocycles. The van der Waals surface area contributed by atoms with E-state index < -0.39 is 31.0 Å². The second-order valence-electron chi connectivity index (χ2n) is 2.77. The molecule has 0 aliphatic heterocycles. The van der Waals surface area contributed by atoms with Crippen LogP contribution in [0.4, 0.5) is 13.2 Å². The Bertz CT molecular complexity index is 403. The van der Waals surface area contributed by atoms with E-state index in [1.165, 1.54) is 0 Å². The van der Waals surface area contributed by atoms with Crippen molar-refractivity contribution in [1.29, 1.82) is 0 Å². The fourth-order valence-corrected chi connectivity index (χ4v) is 0.911. The van der Waals surface area contributed by atoms with Gasteiger partial charge in [-0.05, 0) is 0 Å². The van der Waals surface area contributed by atoms with Crippen LogP contribution in [0.25, 0.3) is 0 Å². The maximum Gasteiger partial charge on any atom is 0.509 e. The molecule has 0 spiro atoms. The van der Waals surface area contributed by atoms with E-state index in [1.807, 2.05) is 0 Å². The van der Waals surface area contributed by atoms with Crippen LogP contribution >= 0.6 is 0 Å². The van der Waals surface area contributed by atoms with E-state index in [0.29, 0.717) is 17.0 Å². The molecule has 1 rings (SSSR count). The van der Waals surface area contributed by atoms with Crippen LogP contribution in [0.2, 0.25) is 0 Å². The summed E-state index contributed by atoms with van der Waals surface area (Å²) in [6.07, 6.45) is -3.30. The molecule has 0 saturated heterocycles. The number of hydrogen-bond donors (Lipinski definition) is 2. The minimum atomic E-state index is -4.55. The number of rotatable bonds is 2. The molecule has 0 saturated carbocycles. The molecule has 0 radical (unpaired) electrons. The molecule has 0 aliphatic carbocycles. The molecular formula is C6H6BF3N2O3. The summed E-state index contributed by atoms with van der Waals surface area (Å²) in [7, 11) is -2.01. The molecule has 1 heterocycles. The van der Waals surface area contributed by atoms with E-state index in [2.05, 4.69) is 4.98 Å². The SMILES string of the molecule is O=c1cnc(B(O)O)cn1CC(F)(F)F. The van der Waals surface area contributed by atoms with Gasteiger partial charge in [0.1, 0.15) is 6.54 Å². The minimum Gasteiger partial charge on any atom is -0.422 e. The Morgan fingerprint density at radius 2 is 2.07 bits per heavy atom. The first-order valence-electron chi connectivity index (χ1n) is 3.79. The third-order valence-corrected chi connectivity index (χ3v) is 1.51. The average molecular weight is 222 g/mol. The van der Waals surface area contributed by atoms with Crippen molar-refractivity contribution in [2.24, 2.45) is 0 Å². The zero-order valence-electron chi connectivity index (χ0n) is 7.27. The summed E-state index contributed by atoms with van der Waals surface area (Å²) in [6, 6.07) is 0. The molecule has 82 valence electrons. The van der Waals surface area contributed by atoms with Gasteiger partial charge < -0.3 is 14.6 Å². The van der Waals surface area contributed by atoms with Crippen LogP contribution in [-0.2, 0) is 6.54 Å². The molecule has 0 atom stereocenters. The van der Waals surface area contributed by atoms with Gasteiger partial charge in [0.05, 0.1) is 11.8 Å². The fourth-order valence-electron chi connectivity index (χ4n) is 0.911. The van der Waals surface area contributed by atoms with E-state index in [0.717, 1.165) is 0 Å². The van der Waals surface area contributed by atoms with E-state index in [4.69, 9.17) is 10.0 Å². The number of hydrogen-bond acceptors (Lipinski definition) is 4. The maximum atomic E-state index is 11.9. The molecule has 0 aromatic carbocycles. The molecule has 9 heteroatoms. The van der Waals surface area contributed by atoms with Crippen molar-refractivity contribution >= 4 is 12.7 Å². The van der Waals surface area contributed by atoms with Crippen molar-refractivity contribution in [1.82, 2.24) is 9.55 Å². The lowest BCUT2D eigenvalue weighted by molar-refractivity contribution is -0.141. The molecule has 0 unspecified atom stereocenters. The number of nitrogens with zero attached hydrogens (tertiary/aromatic N) is 2. The standard InChI is InChI=1S/C6H6BF3N2O3/c8-6(9,10)3-12-2-4(7(14)15)11-1-5(12)13/h1-2,14-15H,3H2. The second-order valence-corrected chi connectivity index (χ2v) is 2.77. The fraction of sp³-hybridized carbons (Fsp3) is 0.333. The Morgan fingerprint density at radius 1 is 1.47 bits per heavy atom. The quantitative estimate of drug-likeness (QED) is 0.596. The van der Waals surface area contributed by atoms with Gasteiger partial charge in [-0.15, -0.1) is 0 Å².